The van der Waals surface area contributed by atoms with Crippen LogP contribution in [-0.4, -0.2) is 33.4 Å². The second-order valence-corrected chi connectivity index (χ2v) is 6.00. The Hall–Kier alpha value is -1.17. The van der Waals surface area contributed by atoms with Crippen molar-refractivity contribution in [2.24, 2.45) is 7.05 Å². The fourth-order valence-electron chi connectivity index (χ4n) is 2.40. The lowest BCUT2D eigenvalue weighted by Crippen LogP contribution is -2.27. The number of benzene rings is 1. The fraction of sp³-hybridized carbons (Fsp3) is 0.400. The SMILES string of the molecule is Cc1nn(C)cc1CN(C)C(CO)c1cccc(Br)c1. The van der Waals surface area contributed by atoms with Crippen LogP contribution in [0.5, 0.6) is 0 Å². The number of aromatic nitrogens is 2. The Morgan fingerprint density at radius 3 is 2.75 bits per heavy atom. The molecule has 4 nitrogen and oxygen atoms in total. The highest BCUT2D eigenvalue weighted by Gasteiger charge is 2.18. The minimum Gasteiger partial charge on any atom is -0.394 e. The second-order valence-electron chi connectivity index (χ2n) is 5.08. The Bertz CT molecular complexity index is 582. The molecule has 0 aliphatic carbocycles. The van der Waals surface area contributed by atoms with Crippen molar-refractivity contribution in [2.75, 3.05) is 13.7 Å². The standard InChI is InChI=1S/C15H20BrN3O/c1-11-13(9-19(3)17-11)8-18(2)15(10-20)12-5-4-6-14(16)7-12/h4-7,9,15,20H,8,10H2,1-3H3. The molecule has 20 heavy (non-hydrogen) atoms. The van der Waals surface area contributed by atoms with Crippen molar-refractivity contribution >= 4 is 15.9 Å². The van der Waals surface area contributed by atoms with Crippen molar-refractivity contribution in [1.29, 1.82) is 0 Å². The number of aryl methyl sites for hydroxylation is 2. The van der Waals surface area contributed by atoms with Crippen LogP contribution < -0.4 is 0 Å². The molecule has 0 aliphatic heterocycles. The molecular formula is C15H20BrN3O. The molecule has 1 atom stereocenters. The summed E-state index contributed by atoms with van der Waals surface area (Å²) < 4.78 is 2.85. The summed E-state index contributed by atoms with van der Waals surface area (Å²) >= 11 is 3.48. The topological polar surface area (TPSA) is 41.3 Å². The number of aliphatic hydroxyl groups is 1. The zero-order chi connectivity index (χ0) is 14.7. The third kappa shape index (κ3) is 3.48. The first-order valence-corrected chi connectivity index (χ1v) is 7.36. The van der Waals surface area contributed by atoms with Crippen molar-refractivity contribution < 1.29 is 5.11 Å². The van der Waals surface area contributed by atoms with Crippen LogP contribution in [0.4, 0.5) is 0 Å². The normalized spacial score (nSPS) is 12.9. The summed E-state index contributed by atoms with van der Waals surface area (Å²) in [6.07, 6.45) is 2.03. The van der Waals surface area contributed by atoms with Crippen LogP contribution in [0.15, 0.2) is 34.9 Å². The van der Waals surface area contributed by atoms with Crippen LogP contribution in [-0.2, 0) is 13.6 Å². The molecule has 1 heterocycles. The molecule has 0 spiro atoms. The molecular weight excluding hydrogens is 318 g/mol. The molecule has 0 radical (unpaired) electrons. The number of likely N-dealkylation sites (N-methyl/N-ethyl adjacent to an activating group) is 1. The molecule has 0 saturated carbocycles. The molecule has 2 aromatic rings. The maximum absolute atomic E-state index is 9.72. The van der Waals surface area contributed by atoms with Gasteiger partial charge in [-0.25, -0.2) is 0 Å². The quantitative estimate of drug-likeness (QED) is 0.911. The van der Waals surface area contributed by atoms with E-state index in [1.807, 2.05) is 56.2 Å². The average molecular weight is 338 g/mol. The van der Waals surface area contributed by atoms with Crippen LogP contribution in [0.1, 0.15) is 22.9 Å². The molecule has 0 saturated heterocycles. The van der Waals surface area contributed by atoms with Gasteiger partial charge < -0.3 is 5.11 Å². The first-order valence-electron chi connectivity index (χ1n) is 6.57. The van der Waals surface area contributed by atoms with E-state index >= 15 is 0 Å². The average Bonchev–Trinajstić information content (AvgIpc) is 2.68. The highest BCUT2D eigenvalue weighted by atomic mass is 79.9. The predicted molar refractivity (Wildman–Crippen MR) is 83.4 cm³/mol. The van der Waals surface area contributed by atoms with Gasteiger partial charge in [0.15, 0.2) is 0 Å². The number of aliphatic hydroxyl groups excluding tert-OH is 1. The van der Waals surface area contributed by atoms with Gasteiger partial charge in [-0.2, -0.15) is 5.10 Å². The van der Waals surface area contributed by atoms with E-state index in [1.165, 1.54) is 5.56 Å². The van der Waals surface area contributed by atoms with Crippen LogP contribution in [0.25, 0.3) is 0 Å². The molecule has 1 aromatic carbocycles. The van der Waals surface area contributed by atoms with Crippen molar-refractivity contribution in [3.8, 4) is 0 Å². The lowest BCUT2D eigenvalue weighted by Gasteiger charge is -2.26. The van der Waals surface area contributed by atoms with Gasteiger partial charge >= 0.3 is 0 Å². The van der Waals surface area contributed by atoms with Gasteiger partial charge in [-0.05, 0) is 31.7 Å². The number of hydrogen-bond donors (Lipinski definition) is 1. The molecule has 0 fully saturated rings. The molecule has 5 heteroatoms. The van der Waals surface area contributed by atoms with E-state index in [9.17, 15) is 5.11 Å². The minimum absolute atomic E-state index is 0.0212. The number of rotatable bonds is 5. The predicted octanol–water partition coefficient (Wildman–Crippen LogP) is 2.66. The third-order valence-electron chi connectivity index (χ3n) is 3.47. The molecule has 1 aromatic heterocycles. The largest absolute Gasteiger partial charge is 0.394 e. The zero-order valence-electron chi connectivity index (χ0n) is 12.0. The van der Waals surface area contributed by atoms with Gasteiger partial charge in [0, 0.05) is 29.8 Å². The number of nitrogens with zero attached hydrogens (tertiary/aromatic N) is 3. The van der Waals surface area contributed by atoms with Gasteiger partial charge in [0.05, 0.1) is 18.3 Å². The third-order valence-corrected chi connectivity index (χ3v) is 3.97. The Labute approximate surface area is 128 Å². The van der Waals surface area contributed by atoms with Crippen molar-refractivity contribution in [3.05, 3.63) is 51.8 Å². The van der Waals surface area contributed by atoms with Crippen LogP contribution in [0.2, 0.25) is 0 Å². The summed E-state index contributed by atoms with van der Waals surface area (Å²) in [5, 5.41) is 14.1. The van der Waals surface area contributed by atoms with Gasteiger partial charge in [0.25, 0.3) is 0 Å². The van der Waals surface area contributed by atoms with Crippen molar-refractivity contribution in [1.82, 2.24) is 14.7 Å². The van der Waals surface area contributed by atoms with Crippen molar-refractivity contribution in [3.63, 3.8) is 0 Å². The smallest absolute Gasteiger partial charge is 0.0638 e. The van der Waals surface area contributed by atoms with Gasteiger partial charge in [0.2, 0.25) is 0 Å². The molecule has 1 unspecified atom stereocenters. The van der Waals surface area contributed by atoms with E-state index in [0.29, 0.717) is 0 Å². The van der Waals surface area contributed by atoms with Gasteiger partial charge in [-0.1, -0.05) is 28.1 Å². The zero-order valence-corrected chi connectivity index (χ0v) is 13.6. The van der Waals surface area contributed by atoms with Crippen LogP contribution >= 0.6 is 15.9 Å². The lowest BCUT2D eigenvalue weighted by atomic mass is 10.1. The molecule has 108 valence electrons. The minimum atomic E-state index is -0.0212. The van der Waals surface area contributed by atoms with E-state index in [1.54, 1.807) is 0 Å². The Morgan fingerprint density at radius 2 is 2.20 bits per heavy atom. The van der Waals surface area contributed by atoms with E-state index in [0.717, 1.165) is 22.3 Å². The summed E-state index contributed by atoms with van der Waals surface area (Å²) in [5.74, 6) is 0. The maximum Gasteiger partial charge on any atom is 0.0638 e. The summed E-state index contributed by atoms with van der Waals surface area (Å²) in [4.78, 5) is 2.14. The molecule has 0 bridgehead atoms. The molecule has 0 aliphatic rings. The number of hydrogen-bond acceptors (Lipinski definition) is 3. The summed E-state index contributed by atoms with van der Waals surface area (Å²) in [7, 11) is 3.95. The van der Waals surface area contributed by atoms with E-state index in [-0.39, 0.29) is 12.6 Å². The Kier molecular flexibility index (Phi) is 4.96. The first kappa shape index (κ1) is 15.2. The molecule has 0 amide bonds. The van der Waals surface area contributed by atoms with Crippen LogP contribution in [0.3, 0.4) is 0 Å². The summed E-state index contributed by atoms with van der Waals surface area (Å²) in [5.41, 5.74) is 3.32. The maximum atomic E-state index is 9.72. The lowest BCUT2D eigenvalue weighted by molar-refractivity contribution is 0.142. The molecule has 2 rings (SSSR count). The summed E-state index contributed by atoms with van der Waals surface area (Å²) in [6, 6.07) is 8.05. The van der Waals surface area contributed by atoms with Gasteiger partial charge in [0.1, 0.15) is 0 Å². The number of halogens is 1. The fourth-order valence-corrected chi connectivity index (χ4v) is 2.81. The van der Waals surface area contributed by atoms with E-state index in [2.05, 4.69) is 25.9 Å². The summed E-state index contributed by atoms with van der Waals surface area (Å²) in [6.45, 7) is 2.86. The van der Waals surface area contributed by atoms with Gasteiger partial charge in [-0.15, -0.1) is 0 Å². The first-order chi connectivity index (χ1) is 9.51. The van der Waals surface area contributed by atoms with E-state index in [4.69, 9.17) is 0 Å². The van der Waals surface area contributed by atoms with E-state index < -0.39 is 0 Å². The van der Waals surface area contributed by atoms with Crippen LogP contribution in [0, 0.1) is 6.92 Å². The highest BCUT2D eigenvalue weighted by molar-refractivity contribution is 9.10. The monoisotopic (exact) mass is 337 g/mol. The van der Waals surface area contributed by atoms with Gasteiger partial charge in [-0.3, -0.25) is 9.58 Å². The highest BCUT2D eigenvalue weighted by Crippen LogP contribution is 2.24. The molecule has 1 N–H and O–H groups in total. The Balaban J connectivity index is 2.17. The second kappa shape index (κ2) is 6.52. The Morgan fingerprint density at radius 1 is 1.45 bits per heavy atom. The van der Waals surface area contributed by atoms with Crippen molar-refractivity contribution in [2.45, 2.75) is 19.5 Å².